The molecule has 0 spiro atoms. The fraction of sp³-hybridized carbons (Fsp3) is 0.769. The maximum Gasteiger partial charge on any atom is 0.317 e. The number of hydrogen-bond donors (Lipinski definition) is 3. The van der Waals surface area contributed by atoms with Crippen LogP contribution in [-0.2, 0) is 9.59 Å². The second-order valence-corrected chi connectivity index (χ2v) is 5.18. The van der Waals surface area contributed by atoms with E-state index in [1.807, 2.05) is 6.92 Å². The monoisotopic (exact) mass is 285 g/mol. The fourth-order valence-electron chi connectivity index (χ4n) is 2.03. The number of aliphatic carboxylic acids is 1. The Hall–Kier alpha value is -1.79. The third kappa shape index (κ3) is 6.40. The molecule has 1 aliphatic rings. The predicted molar refractivity (Wildman–Crippen MR) is 73.2 cm³/mol. The molecular formula is C13H23N3O4. The van der Waals surface area contributed by atoms with Gasteiger partial charge in [0.2, 0.25) is 5.91 Å². The van der Waals surface area contributed by atoms with Gasteiger partial charge in [0, 0.05) is 26.1 Å². The fourth-order valence-corrected chi connectivity index (χ4v) is 2.03. The number of nitrogens with one attached hydrogen (secondary N) is 2. The Morgan fingerprint density at radius 2 is 2.20 bits per heavy atom. The van der Waals surface area contributed by atoms with Gasteiger partial charge in [0.15, 0.2) is 0 Å². The Morgan fingerprint density at radius 3 is 2.90 bits per heavy atom. The van der Waals surface area contributed by atoms with Crippen molar-refractivity contribution in [2.24, 2.45) is 5.92 Å². The lowest BCUT2D eigenvalue weighted by molar-refractivity contribution is -0.137. The Morgan fingerprint density at radius 1 is 1.45 bits per heavy atom. The zero-order valence-corrected chi connectivity index (χ0v) is 11.9. The molecule has 0 bridgehead atoms. The van der Waals surface area contributed by atoms with E-state index in [1.165, 1.54) is 4.90 Å². The molecule has 7 heteroatoms. The number of rotatable bonds is 6. The first-order chi connectivity index (χ1) is 9.49. The van der Waals surface area contributed by atoms with E-state index in [0.717, 1.165) is 12.8 Å². The summed E-state index contributed by atoms with van der Waals surface area (Å²) < 4.78 is 0. The molecule has 114 valence electrons. The molecular weight excluding hydrogens is 262 g/mol. The zero-order chi connectivity index (χ0) is 15.0. The van der Waals surface area contributed by atoms with E-state index in [4.69, 9.17) is 5.11 Å². The molecule has 1 heterocycles. The van der Waals surface area contributed by atoms with E-state index < -0.39 is 5.97 Å². The van der Waals surface area contributed by atoms with Crippen molar-refractivity contribution in [1.29, 1.82) is 0 Å². The summed E-state index contributed by atoms with van der Waals surface area (Å²) in [5, 5.41) is 14.1. The second-order valence-electron chi connectivity index (χ2n) is 5.18. The zero-order valence-electron chi connectivity index (χ0n) is 11.9. The largest absolute Gasteiger partial charge is 0.481 e. The second kappa shape index (κ2) is 8.39. The summed E-state index contributed by atoms with van der Waals surface area (Å²) in [5.41, 5.74) is 0. The van der Waals surface area contributed by atoms with Gasteiger partial charge in [-0.15, -0.1) is 0 Å². The molecule has 1 unspecified atom stereocenters. The Balaban J connectivity index is 2.21. The van der Waals surface area contributed by atoms with Crippen LogP contribution in [0.1, 0.15) is 32.6 Å². The SMILES string of the molecule is CC(CCNC(=O)N1CCCNC(=O)C1)CCC(=O)O. The van der Waals surface area contributed by atoms with Gasteiger partial charge in [0.05, 0.1) is 0 Å². The van der Waals surface area contributed by atoms with Crippen LogP contribution in [0.25, 0.3) is 0 Å². The summed E-state index contributed by atoms with van der Waals surface area (Å²) in [6, 6.07) is -0.229. The van der Waals surface area contributed by atoms with Crippen molar-refractivity contribution in [3.8, 4) is 0 Å². The van der Waals surface area contributed by atoms with E-state index in [0.29, 0.717) is 26.1 Å². The minimum Gasteiger partial charge on any atom is -0.481 e. The van der Waals surface area contributed by atoms with Gasteiger partial charge in [-0.1, -0.05) is 6.92 Å². The average Bonchev–Trinajstić information content (AvgIpc) is 2.61. The molecule has 1 aliphatic heterocycles. The maximum atomic E-state index is 11.9. The third-order valence-electron chi connectivity index (χ3n) is 3.31. The van der Waals surface area contributed by atoms with Crippen LogP contribution in [-0.4, -0.2) is 54.1 Å². The van der Waals surface area contributed by atoms with Crippen molar-refractivity contribution >= 4 is 17.9 Å². The standard InChI is InChI=1S/C13H23N3O4/c1-10(3-4-12(18)19)5-7-15-13(20)16-8-2-6-14-11(17)9-16/h10H,2-9H2,1H3,(H,14,17)(H,15,20)(H,18,19). The molecule has 20 heavy (non-hydrogen) atoms. The molecule has 0 radical (unpaired) electrons. The van der Waals surface area contributed by atoms with Gasteiger partial charge in [-0.2, -0.15) is 0 Å². The molecule has 1 atom stereocenters. The number of amides is 3. The lowest BCUT2D eigenvalue weighted by Crippen LogP contribution is -2.43. The summed E-state index contributed by atoms with van der Waals surface area (Å²) in [5.74, 6) is -0.678. The van der Waals surface area contributed by atoms with Crippen LogP contribution in [0, 0.1) is 5.92 Å². The van der Waals surface area contributed by atoms with E-state index in [1.54, 1.807) is 0 Å². The lowest BCUT2D eigenvalue weighted by atomic mass is 10.0. The number of hydrogen-bond acceptors (Lipinski definition) is 3. The number of carboxylic acid groups (broad SMARTS) is 1. The molecule has 1 saturated heterocycles. The molecule has 1 rings (SSSR count). The molecule has 3 amide bonds. The normalized spacial score (nSPS) is 17.1. The Kier molecular flexibility index (Phi) is 6.83. The van der Waals surface area contributed by atoms with Crippen molar-refractivity contribution in [1.82, 2.24) is 15.5 Å². The number of nitrogens with zero attached hydrogens (tertiary/aromatic N) is 1. The molecule has 0 saturated carbocycles. The van der Waals surface area contributed by atoms with Gasteiger partial charge >= 0.3 is 12.0 Å². The van der Waals surface area contributed by atoms with Crippen LogP contribution in [0.5, 0.6) is 0 Å². The lowest BCUT2D eigenvalue weighted by Gasteiger charge is -2.20. The van der Waals surface area contributed by atoms with Gasteiger partial charge in [-0.3, -0.25) is 9.59 Å². The molecule has 0 aromatic carbocycles. The minimum absolute atomic E-state index is 0.0976. The van der Waals surface area contributed by atoms with Crippen LogP contribution in [0.2, 0.25) is 0 Å². The number of carbonyl (C=O) groups is 3. The summed E-state index contributed by atoms with van der Waals surface area (Å²) >= 11 is 0. The first-order valence-electron chi connectivity index (χ1n) is 7.00. The van der Waals surface area contributed by atoms with Gasteiger partial charge in [-0.05, 0) is 25.2 Å². The number of carbonyl (C=O) groups excluding carboxylic acids is 2. The van der Waals surface area contributed by atoms with Gasteiger partial charge < -0.3 is 20.6 Å². The maximum absolute atomic E-state index is 11.9. The molecule has 1 fully saturated rings. The summed E-state index contributed by atoms with van der Waals surface area (Å²) in [4.78, 5) is 35.2. The van der Waals surface area contributed by atoms with Crippen LogP contribution >= 0.6 is 0 Å². The quantitative estimate of drug-likeness (QED) is 0.658. The van der Waals surface area contributed by atoms with Gasteiger partial charge in [0.1, 0.15) is 6.54 Å². The topological polar surface area (TPSA) is 98.7 Å². The Labute approximate surface area is 118 Å². The highest BCUT2D eigenvalue weighted by molar-refractivity contribution is 5.84. The van der Waals surface area contributed by atoms with Crippen molar-refractivity contribution in [3.63, 3.8) is 0 Å². The van der Waals surface area contributed by atoms with Crippen LogP contribution in [0.4, 0.5) is 4.79 Å². The molecule has 0 aromatic heterocycles. The minimum atomic E-state index is -0.795. The highest BCUT2D eigenvalue weighted by Gasteiger charge is 2.19. The van der Waals surface area contributed by atoms with E-state index in [-0.39, 0.29) is 30.8 Å². The third-order valence-corrected chi connectivity index (χ3v) is 3.31. The van der Waals surface area contributed by atoms with Gasteiger partial charge in [-0.25, -0.2) is 4.79 Å². The molecule has 0 aromatic rings. The number of carboxylic acids is 1. The van der Waals surface area contributed by atoms with E-state index in [9.17, 15) is 14.4 Å². The van der Waals surface area contributed by atoms with E-state index in [2.05, 4.69) is 10.6 Å². The molecule has 7 nitrogen and oxygen atoms in total. The van der Waals surface area contributed by atoms with Crippen LogP contribution < -0.4 is 10.6 Å². The summed E-state index contributed by atoms with van der Waals surface area (Å²) in [7, 11) is 0. The average molecular weight is 285 g/mol. The highest BCUT2D eigenvalue weighted by atomic mass is 16.4. The smallest absolute Gasteiger partial charge is 0.317 e. The van der Waals surface area contributed by atoms with Crippen LogP contribution in [0.15, 0.2) is 0 Å². The van der Waals surface area contributed by atoms with Crippen molar-refractivity contribution in [2.75, 3.05) is 26.2 Å². The predicted octanol–water partition coefficient (Wildman–Crippen LogP) is 0.409. The Bertz CT molecular complexity index is 360. The van der Waals surface area contributed by atoms with E-state index >= 15 is 0 Å². The summed E-state index contributed by atoms with van der Waals surface area (Å²) in [6.07, 6.45) is 2.26. The first kappa shape index (κ1) is 16.3. The van der Waals surface area contributed by atoms with Crippen LogP contribution in [0.3, 0.4) is 0 Å². The van der Waals surface area contributed by atoms with Gasteiger partial charge in [0.25, 0.3) is 0 Å². The molecule has 3 N–H and O–H groups in total. The van der Waals surface area contributed by atoms with Crippen molar-refractivity contribution in [3.05, 3.63) is 0 Å². The summed E-state index contributed by atoms with van der Waals surface area (Å²) in [6.45, 7) is 3.74. The molecule has 0 aliphatic carbocycles. The first-order valence-corrected chi connectivity index (χ1v) is 7.00. The van der Waals surface area contributed by atoms with Crippen molar-refractivity contribution in [2.45, 2.75) is 32.6 Å². The van der Waals surface area contributed by atoms with Crippen molar-refractivity contribution < 1.29 is 19.5 Å². The highest BCUT2D eigenvalue weighted by Crippen LogP contribution is 2.09. The number of urea groups is 1.